The van der Waals surface area contributed by atoms with E-state index in [0.717, 1.165) is 18.2 Å². The van der Waals surface area contributed by atoms with Crippen LogP contribution in [0.3, 0.4) is 0 Å². The minimum absolute atomic E-state index is 0.0933. The lowest BCUT2D eigenvalue weighted by Gasteiger charge is -2.07. The first-order valence-electron chi connectivity index (χ1n) is 5.31. The second-order valence-electron chi connectivity index (χ2n) is 3.80. The van der Waals surface area contributed by atoms with E-state index in [-0.39, 0.29) is 17.9 Å². The zero-order chi connectivity index (χ0) is 13.1. The van der Waals surface area contributed by atoms with Gasteiger partial charge in [0, 0.05) is 19.4 Å². The Morgan fingerprint density at radius 1 is 1.56 bits per heavy atom. The van der Waals surface area contributed by atoms with Crippen LogP contribution in [-0.4, -0.2) is 20.6 Å². The van der Waals surface area contributed by atoms with Gasteiger partial charge >= 0.3 is 0 Å². The van der Waals surface area contributed by atoms with Crippen molar-refractivity contribution in [1.29, 1.82) is 0 Å². The van der Waals surface area contributed by atoms with Gasteiger partial charge in [0.2, 0.25) is 0 Å². The molecule has 0 aliphatic carbocycles. The fraction of sp³-hybridized carbons (Fsp3) is 0.167. The van der Waals surface area contributed by atoms with Gasteiger partial charge in [0.25, 0.3) is 5.91 Å². The smallest absolute Gasteiger partial charge is 0.255 e. The topological polar surface area (TPSA) is 67.2 Å². The van der Waals surface area contributed by atoms with Crippen molar-refractivity contribution in [2.45, 2.75) is 6.54 Å². The minimum atomic E-state index is -0.574. The van der Waals surface area contributed by atoms with E-state index in [1.54, 1.807) is 24.0 Å². The number of rotatable bonds is 3. The highest BCUT2D eigenvalue weighted by Gasteiger charge is 2.12. The quantitative estimate of drug-likeness (QED) is 0.858. The average Bonchev–Trinajstić information content (AvgIpc) is 2.75. The van der Waals surface area contributed by atoms with Crippen molar-refractivity contribution >= 4 is 5.91 Å². The molecule has 6 heteroatoms. The normalized spacial score (nSPS) is 10.3. The van der Waals surface area contributed by atoms with Crippen LogP contribution in [0, 0.1) is 5.82 Å². The van der Waals surface area contributed by atoms with Crippen LogP contribution in [0.4, 0.5) is 4.39 Å². The number of phenols is 1. The summed E-state index contributed by atoms with van der Waals surface area (Å²) < 4.78 is 14.7. The number of phenolic OH excluding ortho intramolecular Hbond substituents is 1. The van der Waals surface area contributed by atoms with Gasteiger partial charge < -0.3 is 15.0 Å². The summed E-state index contributed by atoms with van der Waals surface area (Å²) in [6, 6.07) is 3.22. The summed E-state index contributed by atoms with van der Waals surface area (Å²) in [5.74, 6) is -0.710. The number of hydrogen-bond acceptors (Lipinski definition) is 3. The molecule has 18 heavy (non-hydrogen) atoms. The van der Waals surface area contributed by atoms with Crippen molar-refractivity contribution in [2.24, 2.45) is 7.05 Å². The number of halogens is 1. The molecular formula is C12H12FN3O2. The second-order valence-corrected chi connectivity index (χ2v) is 3.80. The number of aromatic nitrogens is 2. The van der Waals surface area contributed by atoms with E-state index < -0.39 is 11.7 Å². The van der Waals surface area contributed by atoms with Crippen molar-refractivity contribution in [3.8, 4) is 5.75 Å². The summed E-state index contributed by atoms with van der Waals surface area (Å²) in [5, 5.41) is 12.0. The molecule has 1 amide bonds. The van der Waals surface area contributed by atoms with Gasteiger partial charge in [-0.25, -0.2) is 9.37 Å². The number of aryl methyl sites for hydroxylation is 1. The number of benzene rings is 1. The molecule has 5 nitrogen and oxygen atoms in total. The number of carbonyl (C=O) groups excluding carboxylic acids is 1. The molecule has 1 aromatic heterocycles. The molecule has 0 fully saturated rings. The lowest BCUT2D eigenvalue weighted by Crippen LogP contribution is -2.24. The monoisotopic (exact) mass is 249 g/mol. The van der Waals surface area contributed by atoms with Crippen LogP contribution in [0.25, 0.3) is 0 Å². The molecule has 0 atom stereocenters. The number of nitrogens with zero attached hydrogens (tertiary/aromatic N) is 2. The number of carbonyl (C=O) groups is 1. The average molecular weight is 249 g/mol. The summed E-state index contributed by atoms with van der Waals surface area (Å²) >= 11 is 0. The van der Waals surface area contributed by atoms with Crippen molar-refractivity contribution < 1.29 is 14.3 Å². The van der Waals surface area contributed by atoms with E-state index in [4.69, 9.17) is 0 Å². The molecule has 0 aliphatic rings. The van der Waals surface area contributed by atoms with Gasteiger partial charge in [-0.3, -0.25) is 4.79 Å². The first kappa shape index (κ1) is 12.1. The largest absolute Gasteiger partial charge is 0.507 e. The third-order valence-corrected chi connectivity index (χ3v) is 2.53. The molecule has 2 N–H and O–H groups in total. The molecule has 2 rings (SSSR count). The standard InChI is InChI=1S/C12H12FN3O2/c1-16-5-4-14-11(16)7-15-12(18)9-6-8(13)2-3-10(9)17/h2-6,17H,7H2,1H3,(H,15,18). The zero-order valence-electron chi connectivity index (χ0n) is 9.72. The Balaban J connectivity index is 2.08. The van der Waals surface area contributed by atoms with Crippen LogP contribution in [0.5, 0.6) is 5.75 Å². The van der Waals surface area contributed by atoms with Crippen molar-refractivity contribution in [2.75, 3.05) is 0 Å². The Morgan fingerprint density at radius 2 is 2.33 bits per heavy atom. The van der Waals surface area contributed by atoms with E-state index in [2.05, 4.69) is 10.3 Å². The number of imidazole rings is 1. The molecular weight excluding hydrogens is 237 g/mol. The first-order valence-corrected chi connectivity index (χ1v) is 5.31. The van der Waals surface area contributed by atoms with Gasteiger partial charge in [-0.2, -0.15) is 0 Å². The third-order valence-electron chi connectivity index (χ3n) is 2.53. The molecule has 1 heterocycles. The van der Waals surface area contributed by atoms with Gasteiger partial charge in [0.1, 0.15) is 17.4 Å². The third kappa shape index (κ3) is 2.48. The Bertz CT molecular complexity index is 580. The summed E-state index contributed by atoms with van der Waals surface area (Å²) in [6.45, 7) is 0.207. The lowest BCUT2D eigenvalue weighted by molar-refractivity contribution is 0.0946. The number of nitrogens with one attached hydrogen (secondary N) is 1. The molecule has 94 valence electrons. The van der Waals surface area contributed by atoms with Crippen LogP contribution in [0.2, 0.25) is 0 Å². The summed E-state index contributed by atoms with van der Waals surface area (Å²) in [5.41, 5.74) is -0.0933. The summed E-state index contributed by atoms with van der Waals surface area (Å²) in [6.07, 6.45) is 3.36. The highest BCUT2D eigenvalue weighted by Crippen LogP contribution is 2.17. The van der Waals surface area contributed by atoms with Crippen LogP contribution in [0.15, 0.2) is 30.6 Å². The highest BCUT2D eigenvalue weighted by atomic mass is 19.1. The van der Waals surface area contributed by atoms with Crippen LogP contribution < -0.4 is 5.32 Å². The minimum Gasteiger partial charge on any atom is -0.507 e. The van der Waals surface area contributed by atoms with Crippen LogP contribution in [-0.2, 0) is 13.6 Å². The van der Waals surface area contributed by atoms with Crippen molar-refractivity contribution in [3.05, 3.63) is 47.8 Å². The fourth-order valence-corrected chi connectivity index (χ4v) is 1.51. The van der Waals surface area contributed by atoms with E-state index in [0.29, 0.717) is 5.82 Å². The maximum Gasteiger partial charge on any atom is 0.255 e. The Kier molecular flexibility index (Phi) is 3.27. The van der Waals surface area contributed by atoms with Crippen molar-refractivity contribution in [3.63, 3.8) is 0 Å². The fourth-order valence-electron chi connectivity index (χ4n) is 1.51. The van der Waals surface area contributed by atoms with E-state index >= 15 is 0 Å². The predicted molar refractivity (Wildman–Crippen MR) is 62.4 cm³/mol. The van der Waals surface area contributed by atoms with E-state index in [1.165, 1.54) is 0 Å². The summed E-state index contributed by atoms with van der Waals surface area (Å²) in [7, 11) is 1.80. The van der Waals surface area contributed by atoms with E-state index in [1.807, 2.05) is 0 Å². The van der Waals surface area contributed by atoms with E-state index in [9.17, 15) is 14.3 Å². The first-order chi connectivity index (χ1) is 8.58. The molecule has 0 spiro atoms. The molecule has 0 aliphatic heterocycles. The Labute approximate surface area is 103 Å². The molecule has 2 aromatic rings. The lowest BCUT2D eigenvalue weighted by atomic mass is 10.2. The summed E-state index contributed by atoms with van der Waals surface area (Å²) in [4.78, 5) is 15.8. The number of hydrogen-bond donors (Lipinski definition) is 2. The SMILES string of the molecule is Cn1ccnc1CNC(=O)c1cc(F)ccc1O. The molecule has 0 radical (unpaired) electrons. The molecule has 0 bridgehead atoms. The van der Waals surface area contributed by atoms with Gasteiger partial charge in [-0.15, -0.1) is 0 Å². The van der Waals surface area contributed by atoms with Gasteiger partial charge in [0.15, 0.2) is 0 Å². The predicted octanol–water partition coefficient (Wildman–Crippen LogP) is 1.19. The van der Waals surface area contributed by atoms with Gasteiger partial charge in [-0.1, -0.05) is 0 Å². The van der Waals surface area contributed by atoms with Gasteiger partial charge in [-0.05, 0) is 18.2 Å². The molecule has 0 unspecified atom stereocenters. The van der Waals surface area contributed by atoms with Crippen LogP contribution in [0.1, 0.15) is 16.2 Å². The molecule has 0 saturated heterocycles. The molecule has 0 saturated carbocycles. The Hall–Kier alpha value is -2.37. The number of aromatic hydroxyl groups is 1. The van der Waals surface area contributed by atoms with Crippen LogP contribution >= 0.6 is 0 Å². The second kappa shape index (κ2) is 4.87. The highest BCUT2D eigenvalue weighted by molar-refractivity contribution is 5.96. The zero-order valence-corrected chi connectivity index (χ0v) is 9.72. The Morgan fingerprint density at radius 3 is 3.00 bits per heavy atom. The molecule has 1 aromatic carbocycles. The van der Waals surface area contributed by atoms with Crippen molar-refractivity contribution in [1.82, 2.24) is 14.9 Å². The maximum atomic E-state index is 13.0. The maximum absolute atomic E-state index is 13.0. The number of amides is 1. The van der Waals surface area contributed by atoms with Gasteiger partial charge in [0.05, 0.1) is 12.1 Å².